The number of benzene rings is 1. The number of phenols is 2. The summed E-state index contributed by atoms with van der Waals surface area (Å²) in [4.78, 5) is 11.8. The summed E-state index contributed by atoms with van der Waals surface area (Å²) >= 11 is 0. The highest BCUT2D eigenvalue weighted by Gasteiger charge is 2.11. The summed E-state index contributed by atoms with van der Waals surface area (Å²) in [6.07, 6.45) is 2.55. The lowest BCUT2D eigenvalue weighted by Gasteiger charge is -2.01. The average molecular weight is 271 g/mol. The second-order valence-electron chi connectivity index (χ2n) is 3.76. The number of aromatic hydroxyl groups is 2. The molecule has 7 heteroatoms. The normalized spacial score (nSPS) is 10.8. The molecule has 0 spiro atoms. The fourth-order valence-corrected chi connectivity index (χ4v) is 1.41. The van der Waals surface area contributed by atoms with Gasteiger partial charge in [-0.1, -0.05) is 11.2 Å². The molecule has 3 N–H and O–H groups in total. The molecular weight excluding hydrogens is 262 g/mol. The van der Waals surface area contributed by atoms with Crippen molar-refractivity contribution in [2.45, 2.75) is 0 Å². The van der Waals surface area contributed by atoms with E-state index in [0.717, 1.165) is 0 Å². The summed E-state index contributed by atoms with van der Waals surface area (Å²) in [6, 6.07) is 7.12. The Labute approximate surface area is 113 Å². The number of aromatic nitrogens is 1. The van der Waals surface area contributed by atoms with Gasteiger partial charge in [-0.15, -0.1) is 0 Å². The Morgan fingerprint density at radius 1 is 1.35 bits per heavy atom. The van der Waals surface area contributed by atoms with Crippen molar-refractivity contribution in [1.29, 1.82) is 5.26 Å². The highest BCUT2D eigenvalue weighted by atomic mass is 16.5. The second-order valence-corrected chi connectivity index (χ2v) is 3.76. The maximum Gasteiger partial charge on any atom is 0.267 e. The van der Waals surface area contributed by atoms with E-state index in [-0.39, 0.29) is 22.9 Å². The summed E-state index contributed by atoms with van der Waals surface area (Å²) in [5, 5.41) is 33.4. The molecule has 1 aromatic heterocycles. The molecule has 0 saturated heterocycles. The molecule has 0 atom stereocenters. The van der Waals surface area contributed by atoms with Gasteiger partial charge in [-0.05, 0) is 23.8 Å². The number of nitriles is 1. The van der Waals surface area contributed by atoms with Gasteiger partial charge >= 0.3 is 0 Å². The van der Waals surface area contributed by atoms with E-state index < -0.39 is 5.91 Å². The molecule has 0 unspecified atom stereocenters. The molecule has 0 fully saturated rings. The predicted molar refractivity (Wildman–Crippen MR) is 68.5 cm³/mol. The number of hydrogen-bond acceptors (Lipinski definition) is 6. The van der Waals surface area contributed by atoms with Gasteiger partial charge in [-0.25, -0.2) is 0 Å². The second kappa shape index (κ2) is 5.58. The number of carbonyl (C=O) groups excluding carboxylic acids is 1. The number of amides is 1. The van der Waals surface area contributed by atoms with Gasteiger partial charge < -0.3 is 20.1 Å². The van der Waals surface area contributed by atoms with Crippen LogP contribution in [0.2, 0.25) is 0 Å². The van der Waals surface area contributed by atoms with Crippen molar-refractivity contribution < 1.29 is 19.5 Å². The third-order valence-corrected chi connectivity index (χ3v) is 2.35. The van der Waals surface area contributed by atoms with Crippen molar-refractivity contribution in [3.05, 3.63) is 41.7 Å². The molecule has 0 saturated carbocycles. The highest BCUT2D eigenvalue weighted by Crippen LogP contribution is 2.25. The molecule has 0 aliphatic heterocycles. The minimum Gasteiger partial charge on any atom is -0.504 e. The molecule has 2 aromatic rings. The van der Waals surface area contributed by atoms with Crippen molar-refractivity contribution in [3.8, 4) is 17.6 Å². The van der Waals surface area contributed by atoms with Crippen molar-refractivity contribution >= 4 is 17.8 Å². The summed E-state index contributed by atoms with van der Waals surface area (Å²) in [5.74, 6) is -1.10. The molecule has 1 amide bonds. The number of nitrogens with zero attached hydrogens (tertiary/aromatic N) is 2. The zero-order chi connectivity index (χ0) is 14.5. The zero-order valence-electron chi connectivity index (χ0n) is 10.1. The van der Waals surface area contributed by atoms with Crippen LogP contribution in [0.1, 0.15) is 5.56 Å². The first-order valence-electron chi connectivity index (χ1n) is 5.45. The molecule has 1 aromatic carbocycles. The third kappa shape index (κ3) is 2.94. The van der Waals surface area contributed by atoms with Gasteiger partial charge in [0.2, 0.25) is 0 Å². The van der Waals surface area contributed by atoms with Crippen LogP contribution in [0, 0.1) is 11.3 Å². The maximum absolute atomic E-state index is 11.8. The Balaban J connectivity index is 2.22. The molecule has 1 heterocycles. The first-order valence-corrected chi connectivity index (χ1v) is 5.45. The smallest absolute Gasteiger partial charge is 0.267 e. The van der Waals surface area contributed by atoms with Crippen molar-refractivity contribution in [3.63, 3.8) is 0 Å². The number of rotatable bonds is 3. The van der Waals surface area contributed by atoms with Crippen LogP contribution in [0.15, 0.2) is 40.6 Å². The Bertz CT molecular complexity index is 699. The standard InChI is InChI=1S/C13H9N3O4/c14-7-9(13(19)15-12-3-4-20-16-12)5-8-1-2-10(17)11(18)6-8/h1-6,17-18H,(H,15,16,19)/b9-5+. The van der Waals surface area contributed by atoms with Crippen LogP contribution in [0.4, 0.5) is 5.82 Å². The molecule has 2 rings (SSSR count). The molecule has 20 heavy (non-hydrogen) atoms. The number of phenolic OH excluding ortho intramolecular Hbond substituents is 2. The lowest BCUT2D eigenvalue weighted by Crippen LogP contribution is -2.13. The van der Waals surface area contributed by atoms with Gasteiger partial charge in [0.25, 0.3) is 5.91 Å². The highest BCUT2D eigenvalue weighted by molar-refractivity contribution is 6.09. The van der Waals surface area contributed by atoms with Crippen LogP contribution in [0.3, 0.4) is 0 Å². The summed E-state index contributed by atoms with van der Waals surface area (Å²) in [5.41, 5.74) is 0.213. The SMILES string of the molecule is N#C/C(=C\c1ccc(O)c(O)c1)C(=O)Nc1ccon1. The number of anilines is 1. The minimum atomic E-state index is -0.658. The van der Waals surface area contributed by atoms with E-state index in [2.05, 4.69) is 15.0 Å². The fourth-order valence-electron chi connectivity index (χ4n) is 1.41. The van der Waals surface area contributed by atoms with Crippen LogP contribution in [-0.2, 0) is 4.79 Å². The van der Waals surface area contributed by atoms with Gasteiger partial charge in [0, 0.05) is 6.07 Å². The third-order valence-electron chi connectivity index (χ3n) is 2.35. The van der Waals surface area contributed by atoms with Crippen LogP contribution in [-0.4, -0.2) is 21.3 Å². The number of hydrogen-bond donors (Lipinski definition) is 3. The van der Waals surface area contributed by atoms with E-state index >= 15 is 0 Å². The van der Waals surface area contributed by atoms with E-state index in [1.54, 1.807) is 6.07 Å². The largest absolute Gasteiger partial charge is 0.504 e. The molecule has 7 nitrogen and oxygen atoms in total. The van der Waals surface area contributed by atoms with Gasteiger partial charge in [-0.2, -0.15) is 5.26 Å². The van der Waals surface area contributed by atoms with Crippen LogP contribution in [0.25, 0.3) is 6.08 Å². The van der Waals surface area contributed by atoms with E-state index in [9.17, 15) is 15.0 Å². The first kappa shape index (κ1) is 13.2. The van der Waals surface area contributed by atoms with Crippen molar-refractivity contribution in [2.75, 3.05) is 5.32 Å². The monoisotopic (exact) mass is 271 g/mol. The van der Waals surface area contributed by atoms with Gasteiger partial charge in [0.1, 0.15) is 17.9 Å². The zero-order valence-corrected chi connectivity index (χ0v) is 10.1. The predicted octanol–water partition coefficient (Wildman–Crippen LogP) is 1.63. The lowest BCUT2D eigenvalue weighted by molar-refractivity contribution is -0.112. The van der Waals surface area contributed by atoms with Gasteiger partial charge in [0.05, 0.1) is 0 Å². The van der Waals surface area contributed by atoms with E-state index in [1.165, 1.54) is 36.6 Å². The Kier molecular flexibility index (Phi) is 3.67. The quantitative estimate of drug-likeness (QED) is 0.443. The summed E-state index contributed by atoms with van der Waals surface area (Å²) < 4.78 is 4.55. The summed E-state index contributed by atoms with van der Waals surface area (Å²) in [7, 11) is 0. The Morgan fingerprint density at radius 2 is 2.15 bits per heavy atom. The van der Waals surface area contributed by atoms with Crippen LogP contribution < -0.4 is 5.32 Å². The molecule has 0 aliphatic carbocycles. The topological polar surface area (TPSA) is 119 Å². The maximum atomic E-state index is 11.8. The molecule has 0 radical (unpaired) electrons. The van der Waals surface area contributed by atoms with Gasteiger partial charge in [0.15, 0.2) is 17.3 Å². The van der Waals surface area contributed by atoms with E-state index in [0.29, 0.717) is 5.56 Å². The first-order chi connectivity index (χ1) is 9.60. The van der Waals surface area contributed by atoms with Crippen molar-refractivity contribution in [2.24, 2.45) is 0 Å². The van der Waals surface area contributed by atoms with E-state index in [4.69, 9.17) is 5.26 Å². The average Bonchev–Trinajstić information content (AvgIpc) is 2.92. The Morgan fingerprint density at radius 3 is 2.75 bits per heavy atom. The summed E-state index contributed by atoms with van der Waals surface area (Å²) in [6.45, 7) is 0. The van der Waals surface area contributed by atoms with Gasteiger partial charge in [-0.3, -0.25) is 4.79 Å². The lowest BCUT2D eigenvalue weighted by atomic mass is 10.1. The van der Waals surface area contributed by atoms with E-state index in [1.807, 2.05) is 0 Å². The fraction of sp³-hybridized carbons (Fsp3) is 0. The number of carbonyl (C=O) groups is 1. The van der Waals surface area contributed by atoms with Crippen LogP contribution >= 0.6 is 0 Å². The molecule has 100 valence electrons. The molecular formula is C13H9N3O4. The van der Waals surface area contributed by atoms with Crippen molar-refractivity contribution in [1.82, 2.24) is 5.16 Å². The number of nitrogens with one attached hydrogen (secondary N) is 1. The minimum absolute atomic E-state index is 0.182. The molecule has 0 bridgehead atoms. The molecule has 0 aliphatic rings. The van der Waals surface area contributed by atoms with Crippen LogP contribution in [0.5, 0.6) is 11.5 Å². The Hall–Kier alpha value is -3.27.